The van der Waals surface area contributed by atoms with Crippen LogP contribution in [0, 0.1) is 23.7 Å². The van der Waals surface area contributed by atoms with Crippen LogP contribution in [0.15, 0.2) is 24.3 Å². The van der Waals surface area contributed by atoms with E-state index in [1.54, 1.807) is 0 Å². The maximum Gasteiger partial charge on any atom is 0.192 e. The highest BCUT2D eigenvalue weighted by Gasteiger charge is 2.52. The van der Waals surface area contributed by atoms with E-state index in [2.05, 4.69) is 58.2 Å². The largest absolute Gasteiger partial charge is 0.413 e. The van der Waals surface area contributed by atoms with Gasteiger partial charge in [0.05, 0.1) is 6.10 Å². The highest BCUT2D eigenvalue weighted by Crippen LogP contribution is 2.56. The van der Waals surface area contributed by atoms with Gasteiger partial charge in [0.2, 0.25) is 0 Å². The minimum atomic E-state index is -1.63. The quantitative estimate of drug-likeness (QED) is 0.530. The summed E-state index contributed by atoms with van der Waals surface area (Å²) in [6.07, 6.45) is 11.4. The van der Waals surface area contributed by atoms with Gasteiger partial charge in [-0.3, -0.25) is 0 Å². The Hall–Kier alpha value is -0.343. The Bertz CT molecular complexity index is 382. The molecule has 0 aliphatic heterocycles. The third-order valence-corrected chi connectivity index (χ3v) is 10.1. The number of hydrogen-bond donors (Lipinski definition) is 0. The lowest BCUT2D eigenvalue weighted by Gasteiger charge is -2.40. The molecule has 18 heavy (non-hydrogen) atoms. The first kappa shape index (κ1) is 12.7. The zero-order chi connectivity index (χ0) is 13.1. The van der Waals surface area contributed by atoms with E-state index in [1.165, 1.54) is 6.42 Å². The third-order valence-electron chi connectivity index (χ3n) is 5.59. The van der Waals surface area contributed by atoms with Crippen molar-refractivity contribution < 1.29 is 4.43 Å². The SMILES string of the molecule is CC(C)(C)[Si](C)(C)OC1CC2C3C=CC1C=CC32. The first-order chi connectivity index (χ1) is 8.29. The fourth-order valence-electron chi connectivity index (χ4n) is 3.22. The molecule has 0 radical (unpaired) electrons. The molecule has 4 aliphatic rings. The third kappa shape index (κ3) is 1.94. The first-order valence-electron chi connectivity index (χ1n) is 7.34. The van der Waals surface area contributed by atoms with Crippen molar-refractivity contribution >= 4 is 8.32 Å². The Labute approximate surface area is 112 Å². The summed E-state index contributed by atoms with van der Waals surface area (Å²) in [5.41, 5.74) is 0. The molecule has 2 heteroatoms. The molecule has 0 aromatic rings. The van der Waals surface area contributed by atoms with Crippen LogP contribution >= 0.6 is 0 Å². The Morgan fingerprint density at radius 3 is 2.06 bits per heavy atom. The predicted molar refractivity (Wildman–Crippen MR) is 78.9 cm³/mol. The van der Waals surface area contributed by atoms with Gasteiger partial charge in [-0.05, 0) is 42.3 Å². The van der Waals surface area contributed by atoms with E-state index in [-0.39, 0.29) is 0 Å². The average molecular weight is 262 g/mol. The highest BCUT2D eigenvalue weighted by molar-refractivity contribution is 6.74. The van der Waals surface area contributed by atoms with Crippen LogP contribution in [-0.2, 0) is 4.43 Å². The van der Waals surface area contributed by atoms with E-state index >= 15 is 0 Å². The van der Waals surface area contributed by atoms with Gasteiger partial charge in [-0.15, -0.1) is 0 Å². The predicted octanol–water partition coefficient (Wildman–Crippen LogP) is 4.38. The molecule has 4 aliphatic carbocycles. The Kier molecular flexibility index (Phi) is 2.70. The van der Waals surface area contributed by atoms with Gasteiger partial charge in [0.15, 0.2) is 8.32 Å². The number of rotatable bonds is 2. The topological polar surface area (TPSA) is 9.23 Å². The van der Waals surface area contributed by atoms with Crippen LogP contribution in [0.2, 0.25) is 18.1 Å². The summed E-state index contributed by atoms with van der Waals surface area (Å²) < 4.78 is 6.69. The van der Waals surface area contributed by atoms with Crippen LogP contribution in [-0.4, -0.2) is 14.4 Å². The van der Waals surface area contributed by atoms with E-state index in [0.29, 0.717) is 17.1 Å². The van der Waals surface area contributed by atoms with Crippen LogP contribution < -0.4 is 0 Å². The van der Waals surface area contributed by atoms with Gasteiger partial charge in [-0.2, -0.15) is 0 Å². The van der Waals surface area contributed by atoms with Crippen molar-refractivity contribution in [2.24, 2.45) is 23.7 Å². The Balaban J connectivity index is 1.78. The second kappa shape index (κ2) is 3.83. The minimum absolute atomic E-state index is 0.313. The average Bonchev–Trinajstić information content (AvgIpc) is 2.91. The molecular weight excluding hydrogens is 236 g/mol. The molecule has 100 valence electrons. The second-order valence-corrected chi connectivity index (χ2v) is 12.6. The van der Waals surface area contributed by atoms with Crippen LogP contribution in [0.5, 0.6) is 0 Å². The molecule has 4 bridgehead atoms. The number of hydrogen-bond acceptors (Lipinski definition) is 1. The zero-order valence-corrected chi connectivity index (χ0v) is 13.3. The maximum atomic E-state index is 6.69. The molecule has 0 spiro atoms. The van der Waals surface area contributed by atoms with Crippen LogP contribution in [0.4, 0.5) is 0 Å². The molecular formula is C16H26OSi. The van der Waals surface area contributed by atoms with Crippen molar-refractivity contribution in [2.75, 3.05) is 0 Å². The van der Waals surface area contributed by atoms with Gasteiger partial charge < -0.3 is 4.43 Å². The molecule has 0 amide bonds. The molecule has 3 atom stereocenters. The number of allylic oxidation sites excluding steroid dienone is 2. The monoisotopic (exact) mass is 262 g/mol. The molecule has 1 fully saturated rings. The van der Waals surface area contributed by atoms with Crippen molar-refractivity contribution in [3.8, 4) is 0 Å². The summed E-state index contributed by atoms with van der Waals surface area (Å²) in [5, 5.41) is 0.313. The van der Waals surface area contributed by atoms with E-state index in [4.69, 9.17) is 4.43 Å². The fraction of sp³-hybridized carbons (Fsp3) is 0.750. The molecule has 0 saturated heterocycles. The Morgan fingerprint density at radius 1 is 1.00 bits per heavy atom. The van der Waals surface area contributed by atoms with Crippen molar-refractivity contribution in [2.45, 2.75) is 51.4 Å². The molecule has 3 unspecified atom stereocenters. The van der Waals surface area contributed by atoms with Crippen LogP contribution in [0.3, 0.4) is 0 Å². The molecule has 0 N–H and O–H groups in total. The van der Waals surface area contributed by atoms with Gasteiger partial charge in [-0.25, -0.2) is 0 Å². The molecule has 1 saturated carbocycles. The van der Waals surface area contributed by atoms with Crippen LogP contribution in [0.1, 0.15) is 27.2 Å². The second-order valence-electron chi connectivity index (χ2n) is 7.82. The fourth-order valence-corrected chi connectivity index (χ4v) is 4.58. The summed E-state index contributed by atoms with van der Waals surface area (Å²) in [5.74, 6) is 3.07. The standard InChI is InChI=1S/C16H26OSi/c1-16(2,3)18(4,5)17-15-10-14-12-8-6-11(15)7-9-13(12)14/h6-9,11-15H,10H2,1-5H3. The molecule has 1 nitrogen and oxygen atoms in total. The smallest absolute Gasteiger partial charge is 0.192 e. The van der Waals surface area contributed by atoms with Crippen molar-refractivity contribution in [1.82, 2.24) is 0 Å². The minimum Gasteiger partial charge on any atom is -0.413 e. The summed E-state index contributed by atoms with van der Waals surface area (Å²) >= 11 is 0. The normalized spacial score (nSPS) is 41.7. The zero-order valence-electron chi connectivity index (χ0n) is 12.3. The molecule has 4 rings (SSSR count). The lowest BCUT2D eigenvalue weighted by atomic mass is 10.0. The molecule has 0 heterocycles. The maximum absolute atomic E-state index is 6.69. The van der Waals surface area contributed by atoms with E-state index in [9.17, 15) is 0 Å². The van der Waals surface area contributed by atoms with Gasteiger partial charge in [0, 0.05) is 5.92 Å². The summed E-state index contributed by atoms with van der Waals surface area (Å²) in [4.78, 5) is 0. The van der Waals surface area contributed by atoms with E-state index in [1.807, 2.05) is 0 Å². The van der Waals surface area contributed by atoms with Crippen molar-refractivity contribution in [1.29, 1.82) is 0 Å². The van der Waals surface area contributed by atoms with Gasteiger partial charge in [0.25, 0.3) is 0 Å². The first-order valence-corrected chi connectivity index (χ1v) is 10.2. The lowest BCUT2D eigenvalue weighted by molar-refractivity contribution is 0.142. The van der Waals surface area contributed by atoms with Crippen molar-refractivity contribution in [3.63, 3.8) is 0 Å². The summed E-state index contributed by atoms with van der Waals surface area (Å²) in [6, 6.07) is 0. The van der Waals surface area contributed by atoms with Crippen molar-refractivity contribution in [3.05, 3.63) is 24.3 Å². The van der Waals surface area contributed by atoms with E-state index in [0.717, 1.165) is 17.8 Å². The van der Waals surface area contributed by atoms with Gasteiger partial charge in [0.1, 0.15) is 0 Å². The number of fused-ring (bicyclic) bond motifs is 1. The van der Waals surface area contributed by atoms with E-state index < -0.39 is 8.32 Å². The Morgan fingerprint density at radius 2 is 1.56 bits per heavy atom. The highest BCUT2D eigenvalue weighted by atomic mass is 28.4. The van der Waals surface area contributed by atoms with Crippen LogP contribution in [0.25, 0.3) is 0 Å². The summed E-state index contributed by atoms with van der Waals surface area (Å²) in [7, 11) is -1.63. The molecule has 0 aromatic heterocycles. The summed E-state index contributed by atoms with van der Waals surface area (Å²) in [6.45, 7) is 11.8. The van der Waals surface area contributed by atoms with Gasteiger partial charge >= 0.3 is 0 Å². The lowest BCUT2D eigenvalue weighted by Crippen LogP contribution is -2.45. The van der Waals surface area contributed by atoms with Gasteiger partial charge in [-0.1, -0.05) is 45.1 Å². The molecule has 0 aromatic carbocycles.